The number of thiophene rings is 1. The molecule has 7 heteroatoms. The van der Waals surface area contributed by atoms with Crippen molar-refractivity contribution in [3.8, 4) is 0 Å². The minimum atomic E-state index is -0.401. The highest BCUT2D eigenvalue weighted by Crippen LogP contribution is 2.20. The maximum absolute atomic E-state index is 12.4. The first-order valence-electron chi connectivity index (χ1n) is 7.54. The first-order valence-corrected chi connectivity index (χ1v) is 8.42. The fourth-order valence-corrected chi connectivity index (χ4v) is 3.58. The van der Waals surface area contributed by atoms with Crippen LogP contribution in [0, 0.1) is 6.92 Å². The van der Waals surface area contributed by atoms with Crippen LogP contribution in [0.25, 0.3) is 10.2 Å². The van der Waals surface area contributed by atoms with Crippen LogP contribution in [0.3, 0.4) is 0 Å². The summed E-state index contributed by atoms with van der Waals surface area (Å²) in [6, 6.07) is 1.78. The summed E-state index contributed by atoms with van der Waals surface area (Å²) in [6.45, 7) is 2.55. The van der Waals surface area contributed by atoms with E-state index in [4.69, 9.17) is 4.74 Å². The van der Waals surface area contributed by atoms with Crippen LogP contribution in [0.1, 0.15) is 31.5 Å². The molecule has 0 spiro atoms. The molecule has 3 rings (SSSR count). The number of rotatable bonds is 4. The maximum Gasteiger partial charge on any atom is 0.407 e. The number of alkyl carbamates (subject to hydrolysis) is 1. The summed E-state index contributed by atoms with van der Waals surface area (Å²) < 4.78 is 6.90. The number of aryl methyl sites for hydroxylation is 1. The Kier molecular flexibility index (Phi) is 4.42. The molecule has 0 radical (unpaired) electrons. The molecule has 0 saturated heterocycles. The van der Waals surface area contributed by atoms with Gasteiger partial charge in [-0.15, -0.1) is 11.3 Å². The van der Waals surface area contributed by atoms with E-state index in [9.17, 15) is 9.59 Å². The SMILES string of the molecule is Cc1nc2sccc2c(=O)n1CCNC(=O)OC1CCCC1. The van der Waals surface area contributed by atoms with E-state index < -0.39 is 6.09 Å². The third-order valence-electron chi connectivity index (χ3n) is 3.95. The van der Waals surface area contributed by atoms with Crippen LogP contribution in [0.4, 0.5) is 4.79 Å². The van der Waals surface area contributed by atoms with Gasteiger partial charge in [-0.3, -0.25) is 9.36 Å². The number of aromatic nitrogens is 2. The van der Waals surface area contributed by atoms with E-state index in [-0.39, 0.29) is 11.7 Å². The fourth-order valence-electron chi connectivity index (χ4n) is 2.78. The number of ether oxygens (including phenoxy) is 1. The molecule has 1 saturated carbocycles. The Morgan fingerprint density at radius 3 is 3.05 bits per heavy atom. The van der Waals surface area contributed by atoms with Crippen LogP contribution >= 0.6 is 11.3 Å². The van der Waals surface area contributed by atoms with Crippen molar-refractivity contribution in [2.45, 2.75) is 45.3 Å². The van der Waals surface area contributed by atoms with Crippen molar-refractivity contribution in [2.24, 2.45) is 0 Å². The van der Waals surface area contributed by atoms with Crippen molar-refractivity contribution >= 4 is 27.6 Å². The van der Waals surface area contributed by atoms with Gasteiger partial charge in [0.15, 0.2) is 0 Å². The molecule has 118 valence electrons. The lowest BCUT2D eigenvalue weighted by atomic mass is 10.3. The van der Waals surface area contributed by atoms with Gasteiger partial charge >= 0.3 is 6.09 Å². The Morgan fingerprint density at radius 2 is 2.27 bits per heavy atom. The first kappa shape index (κ1) is 15.0. The van der Waals surface area contributed by atoms with Crippen molar-refractivity contribution in [2.75, 3.05) is 6.54 Å². The van der Waals surface area contributed by atoms with Gasteiger partial charge in [-0.1, -0.05) is 0 Å². The van der Waals surface area contributed by atoms with E-state index >= 15 is 0 Å². The molecule has 0 aliphatic heterocycles. The summed E-state index contributed by atoms with van der Waals surface area (Å²) in [4.78, 5) is 29.2. The van der Waals surface area contributed by atoms with Gasteiger partial charge in [0.2, 0.25) is 0 Å². The second kappa shape index (κ2) is 6.48. The molecule has 1 N–H and O–H groups in total. The molecule has 0 atom stereocenters. The number of carbonyl (C=O) groups excluding carboxylic acids is 1. The second-order valence-corrected chi connectivity index (χ2v) is 6.39. The number of carbonyl (C=O) groups is 1. The highest BCUT2D eigenvalue weighted by atomic mass is 32.1. The molecule has 1 amide bonds. The van der Waals surface area contributed by atoms with Crippen molar-refractivity contribution in [1.82, 2.24) is 14.9 Å². The molecule has 1 aliphatic rings. The largest absolute Gasteiger partial charge is 0.446 e. The van der Waals surface area contributed by atoms with E-state index in [1.807, 2.05) is 5.38 Å². The minimum Gasteiger partial charge on any atom is -0.446 e. The molecule has 6 nitrogen and oxygen atoms in total. The third-order valence-corrected chi connectivity index (χ3v) is 4.76. The summed E-state index contributed by atoms with van der Waals surface area (Å²) in [5.74, 6) is 0.658. The molecule has 0 aromatic carbocycles. The summed E-state index contributed by atoms with van der Waals surface area (Å²) >= 11 is 1.46. The highest BCUT2D eigenvalue weighted by Gasteiger charge is 2.18. The Morgan fingerprint density at radius 1 is 1.50 bits per heavy atom. The summed E-state index contributed by atoms with van der Waals surface area (Å²) in [5.41, 5.74) is -0.0605. The fraction of sp³-hybridized carbons (Fsp3) is 0.533. The standard InChI is InChI=1S/C15H19N3O3S/c1-10-17-13-12(6-9-22-13)14(19)18(10)8-7-16-15(20)21-11-4-2-3-5-11/h6,9,11H,2-5,7-8H2,1H3,(H,16,20). The van der Waals surface area contributed by atoms with E-state index in [1.54, 1.807) is 17.6 Å². The lowest BCUT2D eigenvalue weighted by Crippen LogP contribution is -2.33. The lowest BCUT2D eigenvalue weighted by Gasteiger charge is -2.13. The van der Waals surface area contributed by atoms with Crippen LogP contribution in [-0.4, -0.2) is 28.3 Å². The number of nitrogens with one attached hydrogen (secondary N) is 1. The smallest absolute Gasteiger partial charge is 0.407 e. The monoisotopic (exact) mass is 321 g/mol. The van der Waals surface area contributed by atoms with Crippen molar-refractivity contribution < 1.29 is 9.53 Å². The quantitative estimate of drug-likeness (QED) is 0.938. The summed E-state index contributed by atoms with van der Waals surface area (Å²) in [7, 11) is 0. The number of amides is 1. The van der Waals surface area contributed by atoms with E-state index in [1.165, 1.54) is 11.3 Å². The van der Waals surface area contributed by atoms with Crippen molar-refractivity contribution in [1.29, 1.82) is 0 Å². The van der Waals surface area contributed by atoms with Gasteiger partial charge in [-0.2, -0.15) is 0 Å². The summed E-state index contributed by atoms with van der Waals surface area (Å²) in [6.07, 6.45) is 3.79. The predicted octanol–water partition coefficient (Wildman–Crippen LogP) is 2.44. The van der Waals surface area contributed by atoms with Crippen molar-refractivity contribution in [3.63, 3.8) is 0 Å². The van der Waals surface area contributed by atoms with Crippen LogP contribution in [0.2, 0.25) is 0 Å². The predicted molar refractivity (Wildman–Crippen MR) is 85.4 cm³/mol. The van der Waals surface area contributed by atoms with Gasteiger partial charge in [0.25, 0.3) is 5.56 Å². The van der Waals surface area contributed by atoms with Crippen LogP contribution in [-0.2, 0) is 11.3 Å². The number of hydrogen-bond donors (Lipinski definition) is 1. The van der Waals surface area contributed by atoms with Crippen LogP contribution < -0.4 is 10.9 Å². The zero-order chi connectivity index (χ0) is 15.5. The van der Waals surface area contributed by atoms with Gasteiger partial charge < -0.3 is 10.1 Å². The van der Waals surface area contributed by atoms with Crippen LogP contribution in [0.15, 0.2) is 16.2 Å². The van der Waals surface area contributed by atoms with Crippen molar-refractivity contribution in [3.05, 3.63) is 27.6 Å². The van der Waals surface area contributed by atoms with Gasteiger partial charge in [0.05, 0.1) is 5.39 Å². The normalized spacial score (nSPS) is 15.3. The number of nitrogens with zero attached hydrogens (tertiary/aromatic N) is 2. The van der Waals surface area contributed by atoms with Gasteiger partial charge in [-0.05, 0) is 44.1 Å². The molecular weight excluding hydrogens is 302 g/mol. The molecule has 2 heterocycles. The first-order chi connectivity index (χ1) is 10.6. The Bertz CT molecular complexity index is 731. The van der Waals surface area contributed by atoms with E-state index in [0.29, 0.717) is 24.3 Å². The molecule has 2 aromatic rings. The van der Waals surface area contributed by atoms with Gasteiger partial charge in [0.1, 0.15) is 16.8 Å². The molecule has 0 unspecified atom stereocenters. The highest BCUT2D eigenvalue weighted by molar-refractivity contribution is 7.16. The Labute approximate surface area is 132 Å². The number of hydrogen-bond acceptors (Lipinski definition) is 5. The zero-order valence-corrected chi connectivity index (χ0v) is 13.3. The van der Waals surface area contributed by atoms with Crippen LogP contribution in [0.5, 0.6) is 0 Å². The summed E-state index contributed by atoms with van der Waals surface area (Å²) in [5, 5.41) is 5.20. The molecule has 22 heavy (non-hydrogen) atoms. The molecule has 2 aromatic heterocycles. The van der Waals surface area contributed by atoms with Gasteiger partial charge in [0, 0.05) is 13.1 Å². The number of fused-ring (bicyclic) bond motifs is 1. The Hall–Kier alpha value is -1.89. The zero-order valence-electron chi connectivity index (χ0n) is 12.5. The average Bonchev–Trinajstić information content (AvgIpc) is 3.13. The van der Waals surface area contributed by atoms with Gasteiger partial charge in [-0.25, -0.2) is 9.78 Å². The second-order valence-electron chi connectivity index (χ2n) is 5.49. The lowest BCUT2D eigenvalue weighted by molar-refractivity contribution is 0.101. The topological polar surface area (TPSA) is 73.2 Å². The average molecular weight is 321 g/mol. The maximum atomic E-state index is 12.4. The Balaban J connectivity index is 1.59. The molecule has 1 aliphatic carbocycles. The molecule has 0 bridgehead atoms. The molecule has 1 fully saturated rings. The van der Waals surface area contributed by atoms with E-state index in [0.717, 1.165) is 30.5 Å². The third kappa shape index (κ3) is 3.14. The minimum absolute atomic E-state index is 0.0493. The van der Waals surface area contributed by atoms with E-state index in [2.05, 4.69) is 10.3 Å². The molecular formula is C15H19N3O3S.